The lowest BCUT2D eigenvalue weighted by Crippen LogP contribution is -2.47. The first-order valence-corrected chi connectivity index (χ1v) is 6.29. The van der Waals surface area contributed by atoms with Gasteiger partial charge in [0.25, 0.3) is 0 Å². The molecule has 0 radical (unpaired) electrons. The minimum absolute atomic E-state index is 0.498. The van der Waals surface area contributed by atoms with Crippen molar-refractivity contribution in [3.8, 4) is 0 Å². The van der Waals surface area contributed by atoms with Crippen molar-refractivity contribution >= 4 is 0 Å². The summed E-state index contributed by atoms with van der Waals surface area (Å²) in [6.07, 6.45) is 4.13. The number of methoxy groups -OCH3 is 1. The van der Waals surface area contributed by atoms with Crippen molar-refractivity contribution in [2.45, 2.75) is 45.3 Å². The Morgan fingerprint density at radius 2 is 2.00 bits per heavy atom. The molecule has 1 heterocycles. The second kappa shape index (κ2) is 7.20. The summed E-state index contributed by atoms with van der Waals surface area (Å²) in [5.74, 6) is 0. The molecule has 1 fully saturated rings. The summed E-state index contributed by atoms with van der Waals surface area (Å²) < 4.78 is 5.39. The lowest BCUT2D eigenvalue weighted by molar-refractivity contribution is 0.0266. The van der Waals surface area contributed by atoms with E-state index < -0.39 is 0 Å². The number of hydrogen-bond donors (Lipinski definition) is 1. The highest BCUT2D eigenvalue weighted by molar-refractivity contribution is 4.79. The van der Waals surface area contributed by atoms with Crippen LogP contribution < -0.4 is 5.32 Å². The third-order valence-electron chi connectivity index (χ3n) is 3.43. The van der Waals surface area contributed by atoms with Crippen molar-refractivity contribution in [3.63, 3.8) is 0 Å². The molecular formula is C12H26N2O. The number of likely N-dealkylation sites (N-methyl/N-ethyl adjacent to an activating group) is 1. The van der Waals surface area contributed by atoms with Crippen molar-refractivity contribution in [3.05, 3.63) is 0 Å². The fourth-order valence-corrected chi connectivity index (χ4v) is 2.32. The van der Waals surface area contributed by atoms with Gasteiger partial charge in [0, 0.05) is 32.8 Å². The Morgan fingerprint density at radius 1 is 1.33 bits per heavy atom. The molecule has 1 saturated heterocycles. The minimum atomic E-state index is 0.498. The van der Waals surface area contributed by atoms with Crippen LogP contribution in [-0.4, -0.2) is 50.3 Å². The number of nitrogens with one attached hydrogen (secondary N) is 1. The zero-order valence-corrected chi connectivity index (χ0v) is 10.5. The van der Waals surface area contributed by atoms with E-state index in [1.54, 1.807) is 0 Å². The molecule has 0 aromatic heterocycles. The van der Waals surface area contributed by atoms with E-state index in [1.807, 2.05) is 7.11 Å². The fraction of sp³-hybridized carbons (Fsp3) is 1.00. The van der Waals surface area contributed by atoms with Crippen LogP contribution in [0.15, 0.2) is 0 Å². The van der Waals surface area contributed by atoms with Crippen LogP contribution in [0.5, 0.6) is 0 Å². The van der Waals surface area contributed by atoms with Crippen molar-refractivity contribution < 1.29 is 4.74 Å². The maximum atomic E-state index is 5.39. The highest BCUT2D eigenvalue weighted by atomic mass is 16.5. The van der Waals surface area contributed by atoms with Crippen LogP contribution in [0.3, 0.4) is 0 Å². The van der Waals surface area contributed by atoms with Gasteiger partial charge in [0.1, 0.15) is 0 Å². The van der Waals surface area contributed by atoms with E-state index in [4.69, 9.17) is 4.74 Å². The summed E-state index contributed by atoms with van der Waals surface area (Å²) in [6.45, 7) is 9.05. The Labute approximate surface area is 94.2 Å². The molecule has 0 aliphatic carbocycles. The van der Waals surface area contributed by atoms with Gasteiger partial charge in [-0.1, -0.05) is 13.8 Å². The molecule has 0 bridgehead atoms. The van der Waals surface area contributed by atoms with Gasteiger partial charge in [-0.2, -0.15) is 0 Å². The Balaban J connectivity index is 2.29. The predicted octanol–water partition coefficient (Wildman–Crippen LogP) is 1.49. The number of ether oxygens (including phenoxy) is 1. The molecule has 0 aromatic rings. The molecule has 3 nitrogen and oxygen atoms in total. The monoisotopic (exact) mass is 214 g/mol. The number of piperidine rings is 1. The molecule has 1 aliphatic heterocycles. The lowest BCUT2D eigenvalue weighted by Gasteiger charge is -2.36. The molecule has 3 heteroatoms. The van der Waals surface area contributed by atoms with Crippen molar-refractivity contribution in [1.29, 1.82) is 0 Å². The zero-order chi connectivity index (χ0) is 11.1. The number of likely N-dealkylation sites (tertiary alicyclic amines) is 1. The summed E-state index contributed by atoms with van der Waals surface area (Å²) in [5, 5.41) is 3.45. The van der Waals surface area contributed by atoms with E-state index >= 15 is 0 Å². The SMILES string of the molecule is CCNCC(CC)N1CCC(OC)CC1. The van der Waals surface area contributed by atoms with Gasteiger partial charge in [-0.05, 0) is 25.8 Å². The van der Waals surface area contributed by atoms with Crippen molar-refractivity contribution in [2.24, 2.45) is 0 Å². The smallest absolute Gasteiger partial charge is 0.0595 e. The van der Waals surface area contributed by atoms with E-state index in [-0.39, 0.29) is 0 Å². The average Bonchev–Trinajstić information content (AvgIpc) is 2.31. The van der Waals surface area contributed by atoms with Crippen LogP contribution in [0.25, 0.3) is 0 Å². The Bertz CT molecular complexity index is 156. The lowest BCUT2D eigenvalue weighted by atomic mass is 10.0. The maximum Gasteiger partial charge on any atom is 0.0595 e. The highest BCUT2D eigenvalue weighted by Crippen LogP contribution is 2.16. The highest BCUT2D eigenvalue weighted by Gasteiger charge is 2.23. The molecule has 0 amide bonds. The molecule has 1 rings (SSSR count). The van der Waals surface area contributed by atoms with Gasteiger partial charge < -0.3 is 10.1 Å². The third-order valence-corrected chi connectivity index (χ3v) is 3.43. The molecule has 1 atom stereocenters. The van der Waals surface area contributed by atoms with Gasteiger partial charge in [0.05, 0.1) is 6.10 Å². The number of hydrogen-bond acceptors (Lipinski definition) is 3. The molecule has 0 aromatic carbocycles. The first kappa shape index (κ1) is 12.9. The molecule has 0 saturated carbocycles. The van der Waals surface area contributed by atoms with Gasteiger partial charge in [-0.3, -0.25) is 4.90 Å². The van der Waals surface area contributed by atoms with E-state index in [0.717, 1.165) is 13.1 Å². The van der Waals surface area contributed by atoms with Gasteiger partial charge in [0.15, 0.2) is 0 Å². The summed E-state index contributed by atoms with van der Waals surface area (Å²) in [4.78, 5) is 2.61. The molecule has 1 N–H and O–H groups in total. The number of rotatable bonds is 6. The molecule has 0 spiro atoms. The van der Waals surface area contributed by atoms with Crippen LogP contribution in [0.4, 0.5) is 0 Å². The Hall–Kier alpha value is -0.120. The Kier molecular flexibility index (Phi) is 6.22. The van der Waals surface area contributed by atoms with Gasteiger partial charge in [-0.25, -0.2) is 0 Å². The van der Waals surface area contributed by atoms with Crippen molar-refractivity contribution in [2.75, 3.05) is 33.3 Å². The van der Waals surface area contributed by atoms with E-state index in [1.165, 1.54) is 32.4 Å². The zero-order valence-electron chi connectivity index (χ0n) is 10.5. The van der Waals surface area contributed by atoms with E-state index in [2.05, 4.69) is 24.1 Å². The van der Waals surface area contributed by atoms with Crippen LogP contribution in [0.2, 0.25) is 0 Å². The molecule has 90 valence electrons. The topological polar surface area (TPSA) is 24.5 Å². The summed E-state index contributed by atoms with van der Waals surface area (Å²) in [6, 6.07) is 0.711. The summed E-state index contributed by atoms with van der Waals surface area (Å²) in [7, 11) is 1.83. The standard InChI is InChI=1S/C12H26N2O/c1-4-11(10-13-5-2)14-8-6-12(15-3)7-9-14/h11-13H,4-10H2,1-3H3. The van der Waals surface area contributed by atoms with Crippen LogP contribution in [0, 0.1) is 0 Å². The first-order valence-electron chi connectivity index (χ1n) is 6.29. The summed E-state index contributed by atoms with van der Waals surface area (Å²) in [5.41, 5.74) is 0. The third kappa shape index (κ3) is 4.09. The molecular weight excluding hydrogens is 188 g/mol. The predicted molar refractivity (Wildman–Crippen MR) is 64.2 cm³/mol. The molecule has 1 unspecified atom stereocenters. The minimum Gasteiger partial charge on any atom is -0.381 e. The largest absolute Gasteiger partial charge is 0.381 e. The molecule has 15 heavy (non-hydrogen) atoms. The normalized spacial score (nSPS) is 21.8. The maximum absolute atomic E-state index is 5.39. The van der Waals surface area contributed by atoms with Crippen LogP contribution in [0.1, 0.15) is 33.1 Å². The van der Waals surface area contributed by atoms with Gasteiger partial charge in [-0.15, -0.1) is 0 Å². The van der Waals surface area contributed by atoms with Crippen LogP contribution in [-0.2, 0) is 4.74 Å². The summed E-state index contributed by atoms with van der Waals surface area (Å²) >= 11 is 0. The van der Waals surface area contributed by atoms with Gasteiger partial charge in [0.2, 0.25) is 0 Å². The van der Waals surface area contributed by atoms with Crippen molar-refractivity contribution in [1.82, 2.24) is 10.2 Å². The first-order chi connectivity index (χ1) is 7.31. The molecule has 1 aliphatic rings. The quantitative estimate of drug-likeness (QED) is 0.725. The fourth-order valence-electron chi connectivity index (χ4n) is 2.32. The van der Waals surface area contributed by atoms with Gasteiger partial charge >= 0.3 is 0 Å². The van der Waals surface area contributed by atoms with E-state index in [9.17, 15) is 0 Å². The average molecular weight is 214 g/mol. The Morgan fingerprint density at radius 3 is 2.47 bits per heavy atom. The van der Waals surface area contributed by atoms with Crippen LogP contribution >= 0.6 is 0 Å². The number of nitrogens with zero attached hydrogens (tertiary/aromatic N) is 1. The second-order valence-electron chi connectivity index (χ2n) is 4.34. The second-order valence-corrected chi connectivity index (χ2v) is 4.34. The van der Waals surface area contributed by atoms with E-state index in [0.29, 0.717) is 12.1 Å².